The van der Waals surface area contributed by atoms with Gasteiger partial charge in [-0.1, -0.05) is 35.3 Å². The molecule has 0 saturated carbocycles. The van der Waals surface area contributed by atoms with E-state index in [-0.39, 0.29) is 12.4 Å². The van der Waals surface area contributed by atoms with Crippen molar-refractivity contribution in [3.63, 3.8) is 0 Å². The van der Waals surface area contributed by atoms with E-state index >= 15 is 0 Å². The van der Waals surface area contributed by atoms with Crippen molar-refractivity contribution in [2.75, 3.05) is 13.3 Å². The van der Waals surface area contributed by atoms with Gasteiger partial charge < -0.3 is 9.87 Å². The third-order valence-electron chi connectivity index (χ3n) is 4.58. The molecule has 130 valence electrons. The lowest BCUT2D eigenvalue weighted by Gasteiger charge is -2.32. The van der Waals surface area contributed by atoms with Crippen LogP contribution in [0, 0.1) is 0 Å². The molecule has 2 aromatic rings. The average Bonchev–Trinajstić information content (AvgIpc) is 2.55. The summed E-state index contributed by atoms with van der Waals surface area (Å²) < 4.78 is 11.8. The van der Waals surface area contributed by atoms with Gasteiger partial charge in [-0.2, -0.15) is 0 Å². The molecule has 1 N–H and O–H groups in total. The zero-order chi connectivity index (χ0) is 16.6. The summed E-state index contributed by atoms with van der Waals surface area (Å²) in [5.74, 6) is 0.295. The molecule has 6 heteroatoms. The highest BCUT2D eigenvalue weighted by atomic mass is 35.5. The topological polar surface area (TPSA) is 35.1 Å². The first-order chi connectivity index (χ1) is 11.0. The molecule has 2 nitrogen and oxygen atoms in total. The molecule has 2 aromatic carbocycles. The van der Waals surface area contributed by atoms with E-state index in [0.29, 0.717) is 22.0 Å². The standard InChI is InChI=1S/C18H19Cl2NOS.ClH/c1-21-18-8-6-13(11-3-7-16(19)17(20)9-11)14-5-4-12(23(2)22)10-15(14)18;/h3-5,7,9-10,13,18,21H,6,8H2,1-2H3;1H/t13?,18-,23?;/m0./s1. The Bertz CT molecular complexity index is 723. The van der Waals surface area contributed by atoms with E-state index in [1.807, 2.05) is 31.3 Å². The maximum atomic E-state index is 11.8. The molecule has 0 heterocycles. The van der Waals surface area contributed by atoms with Gasteiger partial charge in [-0.05, 0) is 72.0 Å². The van der Waals surface area contributed by atoms with Crippen molar-refractivity contribution in [1.29, 1.82) is 0 Å². The molecule has 3 atom stereocenters. The number of fused-ring (bicyclic) bond motifs is 1. The molecule has 1 aliphatic rings. The summed E-state index contributed by atoms with van der Waals surface area (Å²) in [6.07, 6.45) is 3.80. The molecule has 2 unspecified atom stereocenters. The van der Waals surface area contributed by atoms with Crippen molar-refractivity contribution in [2.24, 2.45) is 0 Å². The fourth-order valence-electron chi connectivity index (χ4n) is 3.37. The summed E-state index contributed by atoms with van der Waals surface area (Å²) in [4.78, 5) is 0.874. The van der Waals surface area contributed by atoms with E-state index < -0.39 is 11.2 Å². The Hall–Kier alpha value is -0.420. The number of halogens is 3. The molecule has 3 rings (SSSR count). The van der Waals surface area contributed by atoms with Gasteiger partial charge in [0.1, 0.15) is 6.26 Å². The van der Waals surface area contributed by atoms with Gasteiger partial charge in [-0.3, -0.25) is 0 Å². The van der Waals surface area contributed by atoms with E-state index in [0.717, 1.165) is 17.7 Å². The monoisotopic (exact) mass is 403 g/mol. The summed E-state index contributed by atoms with van der Waals surface area (Å²) >= 11 is 11.3. The van der Waals surface area contributed by atoms with Gasteiger partial charge in [0.15, 0.2) is 4.90 Å². The van der Waals surface area contributed by atoms with Crippen LogP contribution in [0.25, 0.3) is 0 Å². The molecule has 0 aromatic heterocycles. The molecule has 24 heavy (non-hydrogen) atoms. The Kier molecular flexibility index (Phi) is 6.89. The van der Waals surface area contributed by atoms with Gasteiger partial charge in [0.2, 0.25) is 0 Å². The van der Waals surface area contributed by atoms with Crippen molar-refractivity contribution in [3.8, 4) is 0 Å². The zero-order valence-electron chi connectivity index (χ0n) is 13.5. The van der Waals surface area contributed by atoms with Crippen LogP contribution in [0.15, 0.2) is 41.3 Å². The van der Waals surface area contributed by atoms with Gasteiger partial charge in [-0.15, -0.1) is 12.4 Å². The van der Waals surface area contributed by atoms with E-state index in [1.54, 1.807) is 6.26 Å². The minimum absolute atomic E-state index is 0. The van der Waals surface area contributed by atoms with Crippen LogP contribution >= 0.6 is 35.6 Å². The summed E-state index contributed by atoms with van der Waals surface area (Å²) in [6, 6.07) is 12.3. The number of benzene rings is 2. The lowest BCUT2D eigenvalue weighted by molar-refractivity contribution is 0.469. The number of nitrogens with one attached hydrogen (secondary N) is 1. The van der Waals surface area contributed by atoms with Crippen LogP contribution in [0.5, 0.6) is 0 Å². The Morgan fingerprint density at radius 2 is 1.79 bits per heavy atom. The predicted molar refractivity (Wildman–Crippen MR) is 105 cm³/mol. The molecular weight excluding hydrogens is 385 g/mol. The lowest BCUT2D eigenvalue weighted by Crippen LogP contribution is -2.24. The summed E-state index contributed by atoms with van der Waals surface area (Å²) in [7, 11) is 1.98. The van der Waals surface area contributed by atoms with Crippen molar-refractivity contribution in [3.05, 3.63) is 63.1 Å². The van der Waals surface area contributed by atoms with Crippen molar-refractivity contribution in [2.45, 2.75) is 29.7 Å². The molecule has 0 radical (unpaired) electrons. The highest BCUT2D eigenvalue weighted by molar-refractivity contribution is 7.90. The molecule has 0 amide bonds. The van der Waals surface area contributed by atoms with Crippen LogP contribution in [-0.2, 0) is 11.2 Å². The first kappa shape index (κ1) is 19.9. The summed E-state index contributed by atoms with van der Waals surface area (Å²) in [5, 5.41) is 4.54. The van der Waals surface area contributed by atoms with E-state index in [1.165, 1.54) is 16.7 Å². The second kappa shape index (κ2) is 8.31. The van der Waals surface area contributed by atoms with Crippen molar-refractivity contribution < 1.29 is 4.55 Å². The predicted octanol–water partition coefficient (Wildman–Crippen LogP) is 5.34. The normalized spacial score (nSPS) is 20.9. The van der Waals surface area contributed by atoms with Crippen molar-refractivity contribution in [1.82, 2.24) is 5.32 Å². The van der Waals surface area contributed by atoms with Crippen LogP contribution in [0.1, 0.15) is 41.5 Å². The van der Waals surface area contributed by atoms with Crippen LogP contribution in [-0.4, -0.2) is 17.9 Å². The minimum atomic E-state index is -0.973. The highest BCUT2D eigenvalue weighted by Gasteiger charge is 2.29. The summed E-state index contributed by atoms with van der Waals surface area (Å²) in [5.41, 5.74) is 3.70. The first-order valence-corrected chi connectivity index (χ1v) is 9.92. The largest absolute Gasteiger partial charge is 0.612 e. The summed E-state index contributed by atoms with van der Waals surface area (Å²) in [6.45, 7) is 0. The Morgan fingerprint density at radius 1 is 1.04 bits per heavy atom. The highest BCUT2D eigenvalue weighted by Crippen LogP contribution is 2.43. The third kappa shape index (κ3) is 3.87. The maximum absolute atomic E-state index is 11.8. The quantitative estimate of drug-likeness (QED) is 0.701. The smallest absolute Gasteiger partial charge is 0.152 e. The van der Waals surface area contributed by atoms with Crippen LogP contribution in [0.3, 0.4) is 0 Å². The molecular formula is C18H20Cl3NOS. The molecule has 0 spiro atoms. The number of hydrogen-bond donors (Lipinski definition) is 1. The Labute approximate surface area is 162 Å². The zero-order valence-corrected chi connectivity index (χ0v) is 16.7. The van der Waals surface area contributed by atoms with Gasteiger partial charge >= 0.3 is 0 Å². The molecule has 1 aliphatic carbocycles. The minimum Gasteiger partial charge on any atom is -0.612 e. The third-order valence-corrected chi connectivity index (χ3v) is 6.24. The van der Waals surface area contributed by atoms with Crippen LogP contribution < -0.4 is 5.32 Å². The molecule has 0 bridgehead atoms. The van der Waals surface area contributed by atoms with Gasteiger partial charge in [0.05, 0.1) is 10.0 Å². The Morgan fingerprint density at radius 3 is 2.42 bits per heavy atom. The fourth-order valence-corrected chi connectivity index (χ4v) is 4.23. The van der Waals surface area contributed by atoms with Crippen molar-refractivity contribution >= 4 is 46.8 Å². The molecule has 0 saturated heterocycles. The maximum Gasteiger partial charge on any atom is 0.152 e. The second-order valence-corrected chi connectivity index (χ2v) is 8.08. The molecule has 0 aliphatic heterocycles. The van der Waals surface area contributed by atoms with E-state index in [4.69, 9.17) is 23.2 Å². The Balaban J connectivity index is 0.00000208. The van der Waals surface area contributed by atoms with E-state index in [2.05, 4.69) is 17.4 Å². The van der Waals surface area contributed by atoms with Crippen LogP contribution in [0.2, 0.25) is 10.0 Å². The average molecular weight is 405 g/mol. The van der Waals surface area contributed by atoms with Gasteiger partial charge in [0.25, 0.3) is 0 Å². The molecule has 0 fully saturated rings. The number of rotatable bonds is 3. The fraction of sp³-hybridized carbons (Fsp3) is 0.333. The van der Waals surface area contributed by atoms with Gasteiger partial charge in [-0.25, -0.2) is 0 Å². The first-order valence-electron chi connectivity index (χ1n) is 7.60. The van der Waals surface area contributed by atoms with E-state index in [9.17, 15) is 4.55 Å². The van der Waals surface area contributed by atoms with Gasteiger partial charge in [0, 0.05) is 12.0 Å². The second-order valence-electron chi connectivity index (χ2n) is 5.89. The SMILES string of the molecule is CN[C@H]1CCC(c2ccc(Cl)c(Cl)c2)c2ccc([S+](C)[O-])cc21.Cl. The number of hydrogen-bond acceptors (Lipinski definition) is 2. The van der Waals surface area contributed by atoms with Crippen LogP contribution in [0.4, 0.5) is 0 Å². The lowest BCUT2D eigenvalue weighted by atomic mass is 9.77.